The summed E-state index contributed by atoms with van der Waals surface area (Å²) >= 11 is 6.03. The molecule has 5 nitrogen and oxygen atoms in total. The van der Waals surface area contributed by atoms with Crippen LogP contribution in [0.5, 0.6) is 5.75 Å². The van der Waals surface area contributed by atoms with E-state index in [-0.39, 0.29) is 30.6 Å². The second-order valence-electron chi connectivity index (χ2n) is 6.17. The van der Waals surface area contributed by atoms with E-state index >= 15 is 0 Å². The molecule has 0 spiro atoms. The number of rotatable bonds is 4. The van der Waals surface area contributed by atoms with Gasteiger partial charge in [-0.15, -0.1) is 0 Å². The Morgan fingerprint density at radius 2 is 2.08 bits per heavy atom. The fourth-order valence-corrected chi connectivity index (χ4v) is 3.16. The Morgan fingerprint density at radius 1 is 1.31 bits per heavy atom. The van der Waals surface area contributed by atoms with Gasteiger partial charge in [-0.05, 0) is 48.9 Å². The number of aryl methyl sites for hydroxylation is 1. The first-order valence-electron chi connectivity index (χ1n) is 8.10. The molecule has 26 heavy (non-hydrogen) atoms. The maximum Gasteiger partial charge on any atom is 0.229 e. The molecule has 0 bridgehead atoms. The molecule has 0 aliphatic carbocycles. The van der Waals surface area contributed by atoms with Crippen molar-refractivity contribution in [1.82, 2.24) is 0 Å². The molecule has 1 aliphatic heterocycles. The molecule has 0 saturated carbocycles. The van der Waals surface area contributed by atoms with Gasteiger partial charge in [0, 0.05) is 23.7 Å². The third-order valence-electron chi connectivity index (χ3n) is 4.37. The number of amides is 2. The molecular formula is C19H18ClFN2O3. The largest absolute Gasteiger partial charge is 0.495 e. The van der Waals surface area contributed by atoms with Gasteiger partial charge in [0.15, 0.2) is 0 Å². The number of nitrogens with zero attached hydrogens (tertiary/aromatic N) is 1. The normalized spacial score (nSPS) is 16.7. The second-order valence-corrected chi connectivity index (χ2v) is 6.61. The molecule has 0 unspecified atom stereocenters. The molecule has 0 radical (unpaired) electrons. The van der Waals surface area contributed by atoms with Crippen molar-refractivity contribution in [2.24, 2.45) is 5.92 Å². The van der Waals surface area contributed by atoms with Crippen molar-refractivity contribution in [3.05, 3.63) is 52.8 Å². The summed E-state index contributed by atoms with van der Waals surface area (Å²) in [6.45, 7) is 1.93. The van der Waals surface area contributed by atoms with Gasteiger partial charge >= 0.3 is 0 Å². The predicted octanol–water partition coefficient (Wildman–Crippen LogP) is 3.79. The van der Waals surface area contributed by atoms with Crippen LogP contribution in [0.25, 0.3) is 0 Å². The van der Waals surface area contributed by atoms with E-state index in [1.54, 1.807) is 25.1 Å². The van der Waals surface area contributed by atoms with Gasteiger partial charge in [-0.2, -0.15) is 0 Å². The molecule has 1 fully saturated rings. The quantitative estimate of drug-likeness (QED) is 0.883. The first-order valence-corrected chi connectivity index (χ1v) is 8.47. The van der Waals surface area contributed by atoms with Gasteiger partial charge in [0.05, 0.1) is 18.7 Å². The molecule has 2 aromatic carbocycles. The number of halogens is 2. The highest BCUT2D eigenvalue weighted by atomic mass is 35.5. The Labute approximate surface area is 155 Å². The van der Waals surface area contributed by atoms with Crippen molar-refractivity contribution in [2.75, 3.05) is 23.9 Å². The third-order valence-corrected chi connectivity index (χ3v) is 4.61. The average molecular weight is 377 g/mol. The lowest BCUT2D eigenvalue weighted by Crippen LogP contribution is -2.28. The van der Waals surface area contributed by atoms with Crippen molar-refractivity contribution in [3.8, 4) is 5.75 Å². The molecule has 1 aliphatic rings. The standard InChI is InChI=1S/C19H18ClFN2O3/c1-11-7-14(21)4-5-15(11)22-19(25)12-8-18(24)23(10-12)16-9-13(20)3-6-17(16)26-2/h3-7,9,12H,8,10H2,1-2H3,(H,22,25)/t12-/m0/s1. The zero-order valence-corrected chi connectivity index (χ0v) is 15.1. The van der Waals surface area contributed by atoms with Crippen molar-refractivity contribution >= 4 is 34.8 Å². The lowest BCUT2D eigenvalue weighted by Gasteiger charge is -2.20. The Balaban J connectivity index is 1.77. The Kier molecular flexibility index (Phi) is 5.13. The fourth-order valence-electron chi connectivity index (χ4n) is 2.99. The highest BCUT2D eigenvalue weighted by Crippen LogP contribution is 2.35. The van der Waals surface area contributed by atoms with Crippen LogP contribution in [0.15, 0.2) is 36.4 Å². The fraction of sp³-hybridized carbons (Fsp3) is 0.263. The van der Waals surface area contributed by atoms with Gasteiger partial charge in [0.2, 0.25) is 11.8 Å². The number of carbonyl (C=O) groups excluding carboxylic acids is 2. The Morgan fingerprint density at radius 3 is 2.77 bits per heavy atom. The third kappa shape index (κ3) is 3.65. The highest BCUT2D eigenvalue weighted by Gasteiger charge is 2.36. The molecule has 1 saturated heterocycles. The summed E-state index contributed by atoms with van der Waals surface area (Å²) in [4.78, 5) is 26.5. The zero-order valence-electron chi connectivity index (χ0n) is 14.4. The maximum atomic E-state index is 13.2. The van der Waals surface area contributed by atoms with E-state index in [0.29, 0.717) is 27.7 Å². The SMILES string of the molecule is COc1ccc(Cl)cc1N1C[C@@H](C(=O)Nc2ccc(F)cc2C)CC1=O. The van der Waals surface area contributed by atoms with Crippen molar-refractivity contribution < 1.29 is 18.7 Å². The summed E-state index contributed by atoms with van der Waals surface area (Å²) in [6.07, 6.45) is 0.0851. The van der Waals surface area contributed by atoms with Crippen molar-refractivity contribution in [3.63, 3.8) is 0 Å². The zero-order chi connectivity index (χ0) is 18.8. The van der Waals surface area contributed by atoms with Crippen LogP contribution < -0.4 is 15.0 Å². The number of ether oxygens (including phenoxy) is 1. The van der Waals surface area contributed by atoms with Crippen molar-refractivity contribution in [2.45, 2.75) is 13.3 Å². The number of hydrogen-bond donors (Lipinski definition) is 1. The summed E-state index contributed by atoms with van der Waals surface area (Å²) in [5.41, 5.74) is 1.69. The number of anilines is 2. The van der Waals surface area contributed by atoms with Crippen LogP contribution in [-0.2, 0) is 9.59 Å². The minimum Gasteiger partial charge on any atom is -0.495 e. The summed E-state index contributed by atoms with van der Waals surface area (Å²) in [5.74, 6) is -0.831. The van der Waals surface area contributed by atoms with Gasteiger partial charge in [0.25, 0.3) is 0 Å². The van der Waals surface area contributed by atoms with Gasteiger partial charge in [-0.1, -0.05) is 11.6 Å². The number of nitrogens with one attached hydrogen (secondary N) is 1. The van der Waals surface area contributed by atoms with E-state index in [1.165, 1.54) is 30.2 Å². The van der Waals surface area contributed by atoms with Crippen molar-refractivity contribution in [1.29, 1.82) is 0 Å². The summed E-state index contributed by atoms with van der Waals surface area (Å²) < 4.78 is 18.5. The van der Waals surface area contributed by atoms with Crippen LogP contribution in [-0.4, -0.2) is 25.5 Å². The smallest absolute Gasteiger partial charge is 0.229 e. The number of hydrogen-bond acceptors (Lipinski definition) is 3. The molecule has 3 rings (SSSR count). The van der Waals surface area contributed by atoms with Gasteiger partial charge in [-0.25, -0.2) is 4.39 Å². The lowest BCUT2D eigenvalue weighted by atomic mass is 10.1. The first-order chi connectivity index (χ1) is 12.4. The molecule has 2 amide bonds. The van der Waals surface area contributed by atoms with Gasteiger partial charge in [-0.3, -0.25) is 9.59 Å². The summed E-state index contributed by atoms with van der Waals surface area (Å²) in [6, 6.07) is 9.13. The average Bonchev–Trinajstić information content (AvgIpc) is 2.99. The molecule has 2 aromatic rings. The van der Waals surface area contributed by atoms with E-state index in [1.807, 2.05) is 0 Å². The summed E-state index contributed by atoms with van der Waals surface area (Å²) in [7, 11) is 1.51. The van der Waals surface area contributed by atoms with E-state index < -0.39 is 5.92 Å². The van der Waals surface area contributed by atoms with E-state index in [2.05, 4.69) is 5.32 Å². The Hall–Kier alpha value is -2.60. The molecule has 136 valence electrons. The maximum absolute atomic E-state index is 13.2. The van der Waals surface area contributed by atoms with Crippen LogP contribution in [0.4, 0.5) is 15.8 Å². The minimum atomic E-state index is -0.518. The van der Waals surface area contributed by atoms with E-state index in [9.17, 15) is 14.0 Å². The van der Waals surface area contributed by atoms with Crippen LogP contribution in [0.3, 0.4) is 0 Å². The summed E-state index contributed by atoms with van der Waals surface area (Å²) in [5, 5.41) is 3.25. The van der Waals surface area contributed by atoms with Gasteiger partial charge in [0.1, 0.15) is 11.6 Å². The highest BCUT2D eigenvalue weighted by molar-refractivity contribution is 6.31. The van der Waals surface area contributed by atoms with Crippen LogP contribution in [0.2, 0.25) is 5.02 Å². The van der Waals surface area contributed by atoms with Crippen LogP contribution in [0, 0.1) is 18.7 Å². The van der Waals surface area contributed by atoms with Crippen LogP contribution in [0.1, 0.15) is 12.0 Å². The topological polar surface area (TPSA) is 58.6 Å². The predicted molar refractivity (Wildman–Crippen MR) is 98.2 cm³/mol. The van der Waals surface area contributed by atoms with E-state index in [0.717, 1.165) is 0 Å². The first kappa shape index (κ1) is 18.2. The number of carbonyl (C=O) groups is 2. The Bertz CT molecular complexity index is 872. The molecular weight excluding hydrogens is 359 g/mol. The molecule has 1 heterocycles. The van der Waals surface area contributed by atoms with Gasteiger partial charge < -0.3 is 15.0 Å². The monoisotopic (exact) mass is 376 g/mol. The van der Waals surface area contributed by atoms with Crippen LogP contribution >= 0.6 is 11.6 Å². The second kappa shape index (κ2) is 7.33. The molecule has 1 N–H and O–H groups in total. The molecule has 1 atom stereocenters. The molecule has 7 heteroatoms. The number of benzene rings is 2. The number of methoxy groups -OCH3 is 1. The van der Waals surface area contributed by atoms with E-state index in [4.69, 9.17) is 16.3 Å². The minimum absolute atomic E-state index is 0.0851. The lowest BCUT2D eigenvalue weighted by molar-refractivity contribution is -0.122. The molecule has 0 aromatic heterocycles.